The van der Waals surface area contributed by atoms with Crippen LogP contribution in [0.3, 0.4) is 0 Å². The Morgan fingerprint density at radius 3 is 2.77 bits per heavy atom. The number of hydrogen-bond acceptors (Lipinski definition) is 4. The van der Waals surface area contributed by atoms with E-state index >= 15 is 0 Å². The molecule has 1 aromatic carbocycles. The highest BCUT2D eigenvalue weighted by Crippen LogP contribution is 2.28. The molecule has 1 atom stereocenters. The van der Waals surface area contributed by atoms with Crippen molar-refractivity contribution in [3.63, 3.8) is 0 Å². The lowest BCUT2D eigenvalue weighted by Gasteiger charge is -2.22. The molecule has 0 spiro atoms. The van der Waals surface area contributed by atoms with Gasteiger partial charge in [-0.2, -0.15) is 0 Å². The molecule has 0 bridgehead atoms. The van der Waals surface area contributed by atoms with Gasteiger partial charge in [0.25, 0.3) is 0 Å². The predicted octanol–water partition coefficient (Wildman–Crippen LogP) is 2.54. The van der Waals surface area contributed by atoms with Crippen molar-refractivity contribution in [3.05, 3.63) is 23.8 Å². The number of carboxylic acid groups (broad SMARTS) is 1. The second-order valence-electron chi connectivity index (χ2n) is 5.59. The highest BCUT2D eigenvalue weighted by molar-refractivity contribution is 5.96. The zero-order valence-corrected chi connectivity index (χ0v) is 12.8. The van der Waals surface area contributed by atoms with Gasteiger partial charge in [-0.3, -0.25) is 4.79 Å². The molecule has 1 heterocycles. The zero-order valence-electron chi connectivity index (χ0n) is 12.8. The molecule has 1 aromatic rings. The van der Waals surface area contributed by atoms with Crippen LogP contribution < -0.4 is 10.1 Å². The number of amides is 1. The van der Waals surface area contributed by atoms with Gasteiger partial charge in [0, 0.05) is 6.61 Å². The third-order valence-electron chi connectivity index (χ3n) is 3.38. The van der Waals surface area contributed by atoms with Gasteiger partial charge >= 0.3 is 5.97 Å². The number of carbonyl (C=O) groups is 2. The van der Waals surface area contributed by atoms with Crippen LogP contribution in [0.15, 0.2) is 18.2 Å². The van der Waals surface area contributed by atoms with Crippen molar-refractivity contribution >= 4 is 17.6 Å². The molecule has 6 nitrogen and oxygen atoms in total. The number of hydrogen-bond donors (Lipinski definition) is 2. The third-order valence-corrected chi connectivity index (χ3v) is 3.38. The minimum atomic E-state index is -1.05. The van der Waals surface area contributed by atoms with E-state index in [2.05, 4.69) is 5.32 Å². The van der Waals surface area contributed by atoms with Crippen molar-refractivity contribution in [2.45, 2.75) is 32.8 Å². The monoisotopic (exact) mass is 307 g/mol. The summed E-state index contributed by atoms with van der Waals surface area (Å²) in [5.41, 5.74) is 0.482. The Morgan fingerprint density at radius 2 is 2.18 bits per heavy atom. The molecule has 1 aliphatic heterocycles. The fraction of sp³-hybridized carbons (Fsp3) is 0.500. The molecule has 2 N–H and O–H groups in total. The molecule has 1 unspecified atom stereocenters. The second-order valence-corrected chi connectivity index (χ2v) is 5.59. The topological polar surface area (TPSA) is 84.9 Å². The van der Waals surface area contributed by atoms with Gasteiger partial charge in [0.15, 0.2) is 0 Å². The lowest BCUT2D eigenvalue weighted by molar-refractivity contribution is -0.123. The van der Waals surface area contributed by atoms with Gasteiger partial charge in [-0.15, -0.1) is 0 Å². The number of ether oxygens (including phenoxy) is 2. The molecule has 0 aromatic heterocycles. The predicted molar refractivity (Wildman–Crippen MR) is 81.3 cm³/mol. The first-order valence-corrected chi connectivity index (χ1v) is 7.40. The molecular formula is C16H21NO5. The largest absolute Gasteiger partial charge is 0.489 e. The summed E-state index contributed by atoms with van der Waals surface area (Å²) in [6.07, 6.45) is 1.54. The van der Waals surface area contributed by atoms with Crippen molar-refractivity contribution in [1.82, 2.24) is 0 Å². The summed E-state index contributed by atoms with van der Waals surface area (Å²) in [5.74, 6) is -0.970. The average molecular weight is 307 g/mol. The number of carboxylic acids is 1. The first-order chi connectivity index (χ1) is 10.5. The molecule has 1 fully saturated rings. The van der Waals surface area contributed by atoms with Gasteiger partial charge in [0.1, 0.15) is 5.75 Å². The molecule has 0 saturated carbocycles. The van der Waals surface area contributed by atoms with Gasteiger partial charge < -0.3 is 19.9 Å². The van der Waals surface area contributed by atoms with Gasteiger partial charge in [-0.05, 0) is 44.9 Å². The van der Waals surface area contributed by atoms with E-state index in [9.17, 15) is 9.59 Å². The smallest absolute Gasteiger partial charge is 0.335 e. The maximum atomic E-state index is 12.3. The van der Waals surface area contributed by atoms with Gasteiger partial charge in [0.2, 0.25) is 5.91 Å². The third kappa shape index (κ3) is 4.21. The minimum absolute atomic E-state index is 0.0793. The highest BCUT2D eigenvalue weighted by Gasteiger charge is 2.23. The van der Waals surface area contributed by atoms with E-state index in [4.69, 9.17) is 14.6 Å². The maximum Gasteiger partial charge on any atom is 0.335 e. The normalized spacial score (nSPS) is 18.0. The van der Waals surface area contributed by atoms with Crippen molar-refractivity contribution in [2.75, 3.05) is 18.5 Å². The lowest BCUT2D eigenvalue weighted by atomic mass is 10.0. The highest BCUT2D eigenvalue weighted by atomic mass is 16.5. The fourth-order valence-corrected chi connectivity index (χ4v) is 2.30. The summed E-state index contributed by atoms with van der Waals surface area (Å²) >= 11 is 0. The molecule has 1 aliphatic rings. The summed E-state index contributed by atoms with van der Waals surface area (Å²) in [5, 5.41) is 11.9. The average Bonchev–Trinajstić information content (AvgIpc) is 2.49. The number of benzene rings is 1. The Morgan fingerprint density at radius 1 is 1.41 bits per heavy atom. The lowest BCUT2D eigenvalue weighted by Crippen LogP contribution is -2.30. The molecule has 0 radical (unpaired) electrons. The molecule has 1 saturated heterocycles. The summed E-state index contributed by atoms with van der Waals surface area (Å²) in [6.45, 7) is 4.81. The number of rotatable bonds is 5. The Hall–Kier alpha value is -2.08. The van der Waals surface area contributed by atoms with E-state index in [0.717, 1.165) is 12.8 Å². The Kier molecular flexibility index (Phi) is 5.38. The molecule has 2 rings (SSSR count). The second kappa shape index (κ2) is 7.26. The van der Waals surface area contributed by atoms with Crippen molar-refractivity contribution < 1.29 is 24.2 Å². The molecule has 1 amide bonds. The first-order valence-electron chi connectivity index (χ1n) is 7.40. The number of carbonyl (C=O) groups excluding carboxylic acids is 1. The van der Waals surface area contributed by atoms with Crippen molar-refractivity contribution in [2.24, 2.45) is 5.92 Å². The Bertz CT molecular complexity index is 549. The summed E-state index contributed by atoms with van der Waals surface area (Å²) < 4.78 is 10.9. The van der Waals surface area contributed by atoms with Crippen LogP contribution in [0.4, 0.5) is 5.69 Å². The quantitative estimate of drug-likeness (QED) is 0.873. The maximum absolute atomic E-state index is 12.3. The van der Waals surface area contributed by atoms with Crippen LogP contribution >= 0.6 is 0 Å². The summed E-state index contributed by atoms with van der Waals surface area (Å²) in [4.78, 5) is 23.4. The van der Waals surface area contributed by atoms with Crippen LogP contribution in [0.5, 0.6) is 5.75 Å². The number of nitrogens with one attached hydrogen (secondary N) is 1. The van der Waals surface area contributed by atoms with Gasteiger partial charge in [-0.1, -0.05) is 0 Å². The minimum Gasteiger partial charge on any atom is -0.489 e. The van der Waals surface area contributed by atoms with E-state index < -0.39 is 5.97 Å². The van der Waals surface area contributed by atoms with E-state index in [1.165, 1.54) is 12.1 Å². The van der Waals surface area contributed by atoms with Crippen LogP contribution in [0.25, 0.3) is 0 Å². The molecule has 6 heteroatoms. The van der Waals surface area contributed by atoms with Crippen molar-refractivity contribution in [1.29, 1.82) is 0 Å². The first kappa shape index (κ1) is 16.3. The van der Waals surface area contributed by atoms with Crippen LogP contribution in [0.1, 0.15) is 37.0 Å². The standard InChI is InChI=1S/C16H21NO5/c1-10(2)22-14-6-5-11(16(19)20)8-13(14)17-15(18)12-4-3-7-21-9-12/h5-6,8,10,12H,3-4,7,9H2,1-2H3,(H,17,18)(H,19,20). The van der Waals surface area contributed by atoms with E-state index in [1.807, 2.05) is 13.8 Å². The fourth-order valence-electron chi connectivity index (χ4n) is 2.30. The molecule has 22 heavy (non-hydrogen) atoms. The van der Waals surface area contributed by atoms with Gasteiger partial charge in [-0.25, -0.2) is 4.79 Å². The van der Waals surface area contributed by atoms with Crippen LogP contribution in [0.2, 0.25) is 0 Å². The summed E-state index contributed by atoms with van der Waals surface area (Å²) in [7, 11) is 0. The Balaban J connectivity index is 2.19. The van der Waals surface area contributed by atoms with Crippen LogP contribution in [-0.4, -0.2) is 36.3 Å². The number of aromatic carboxylic acids is 1. The molecule has 0 aliphatic carbocycles. The zero-order chi connectivity index (χ0) is 16.1. The summed E-state index contributed by atoms with van der Waals surface area (Å²) in [6, 6.07) is 4.44. The molecular weight excluding hydrogens is 286 g/mol. The number of anilines is 1. The van der Waals surface area contributed by atoms with Gasteiger partial charge in [0.05, 0.1) is 29.9 Å². The Labute approximate surface area is 129 Å². The van der Waals surface area contributed by atoms with Crippen LogP contribution in [-0.2, 0) is 9.53 Å². The van der Waals surface area contributed by atoms with Crippen molar-refractivity contribution in [3.8, 4) is 5.75 Å². The van der Waals surface area contributed by atoms with Crippen LogP contribution in [0, 0.1) is 5.92 Å². The SMILES string of the molecule is CC(C)Oc1ccc(C(=O)O)cc1NC(=O)C1CCCOC1. The van der Waals surface area contributed by atoms with E-state index in [-0.39, 0.29) is 23.5 Å². The molecule has 120 valence electrons. The van der Waals surface area contributed by atoms with E-state index in [1.54, 1.807) is 6.07 Å². The van der Waals surface area contributed by atoms with E-state index in [0.29, 0.717) is 24.7 Å².